The van der Waals surface area contributed by atoms with Crippen LogP contribution in [0, 0.1) is 18.8 Å². The van der Waals surface area contributed by atoms with Crippen molar-refractivity contribution in [2.45, 2.75) is 31.6 Å². The van der Waals surface area contributed by atoms with Crippen molar-refractivity contribution in [2.24, 2.45) is 5.73 Å². The van der Waals surface area contributed by atoms with E-state index in [0.29, 0.717) is 12.1 Å². The van der Waals surface area contributed by atoms with Gasteiger partial charge in [0, 0.05) is 12.1 Å². The molecule has 0 spiro atoms. The highest BCUT2D eigenvalue weighted by Gasteiger charge is 2.16. The molecule has 0 saturated carbocycles. The van der Waals surface area contributed by atoms with Crippen molar-refractivity contribution in [2.75, 3.05) is 13.1 Å². The fourth-order valence-electron chi connectivity index (χ4n) is 1.58. The lowest BCUT2D eigenvalue weighted by molar-refractivity contribution is 0.578. The van der Waals surface area contributed by atoms with Crippen LogP contribution in [0.1, 0.15) is 30.9 Å². The quantitative estimate of drug-likeness (QED) is 0.632. The fourth-order valence-corrected chi connectivity index (χ4v) is 2.80. The van der Waals surface area contributed by atoms with E-state index in [9.17, 15) is 8.42 Å². The number of hydrogen-bond donors (Lipinski definition) is 2. The Hall–Kier alpha value is -1.35. The average Bonchev–Trinajstić information content (AvgIpc) is 2.36. The van der Waals surface area contributed by atoms with Gasteiger partial charge < -0.3 is 5.73 Å². The van der Waals surface area contributed by atoms with Crippen LogP contribution in [0.15, 0.2) is 23.1 Å². The molecule has 104 valence electrons. The van der Waals surface area contributed by atoms with E-state index in [4.69, 9.17) is 5.73 Å². The smallest absolute Gasteiger partial charge is 0.241 e. The maximum Gasteiger partial charge on any atom is 0.241 e. The minimum atomic E-state index is -3.50. The van der Waals surface area contributed by atoms with Gasteiger partial charge in [0.15, 0.2) is 0 Å². The summed E-state index contributed by atoms with van der Waals surface area (Å²) in [5, 5.41) is 0. The molecule has 0 radical (unpaired) electrons. The number of benzene rings is 1. The highest BCUT2D eigenvalue weighted by molar-refractivity contribution is 7.89. The third kappa shape index (κ3) is 4.67. The molecule has 1 aromatic rings. The van der Waals surface area contributed by atoms with Gasteiger partial charge in [-0.15, -0.1) is 0 Å². The van der Waals surface area contributed by atoms with Crippen LogP contribution < -0.4 is 10.5 Å². The van der Waals surface area contributed by atoms with E-state index >= 15 is 0 Å². The zero-order valence-electron chi connectivity index (χ0n) is 11.4. The second kappa shape index (κ2) is 7.29. The Kier molecular flexibility index (Phi) is 6.03. The lowest BCUT2D eigenvalue weighted by atomic mass is 10.1. The first-order valence-electron chi connectivity index (χ1n) is 6.30. The van der Waals surface area contributed by atoms with E-state index in [0.717, 1.165) is 18.4 Å². The monoisotopic (exact) mass is 280 g/mol. The minimum Gasteiger partial charge on any atom is -0.320 e. The van der Waals surface area contributed by atoms with Gasteiger partial charge in [-0.05, 0) is 31.0 Å². The summed E-state index contributed by atoms with van der Waals surface area (Å²) in [7, 11) is -3.50. The van der Waals surface area contributed by atoms with Gasteiger partial charge in [-0.1, -0.05) is 31.3 Å². The van der Waals surface area contributed by atoms with Gasteiger partial charge in [0.1, 0.15) is 0 Å². The first kappa shape index (κ1) is 15.7. The topological polar surface area (TPSA) is 72.2 Å². The summed E-state index contributed by atoms with van der Waals surface area (Å²) >= 11 is 0. The molecule has 0 aliphatic carbocycles. The normalized spacial score (nSPS) is 10.9. The molecule has 0 atom stereocenters. The summed E-state index contributed by atoms with van der Waals surface area (Å²) in [6.07, 6.45) is 1.76. The molecule has 0 amide bonds. The van der Waals surface area contributed by atoms with E-state index in [1.807, 2.05) is 13.8 Å². The number of hydrogen-bond acceptors (Lipinski definition) is 3. The van der Waals surface area contributed by atoms with E-state index in [2.05, 4.69) is 16.6 Å². The van der Waals surface area contributed by atoms with Crippen LogP contribution in [0.25, 0.3) is 0 Å². The van der Waals surface area contributed by atoms with Gasteiger partial charge >= 0.3 is 0 Å². The number of unbranched alkanes of at least 4 members (excludes halogenated alkanes) is 1. The molecule has 4 nitrogen and oxygen atoms in total. The van der Waals surface area contributed by atoms with Crippen molar-refractivity contribution in [1.82, 2.24) is 4.72 Å². The zero-order chi connectivity index (χ0) is 14.3. The van der Waals surface area contributed by atoms with Crippen molar-refractivity contribution < 1.29 is 8.42 Å². The van der Waals surface area contributed by atoms with Gasteiger partial charge in [0.25, 0.3) is 0 Å². The molecule has 0 aliphatic heterocycles. The number of sulfonamides is 1. The van der Waals surface area contributed by atoms with Crippen LogP contribution >= 0.6 is 0 Å². The lowest BCUT2D eigenvalue weighted by Crippen LogP contribution is -2.25. The largest absolute Gasteiger partial charge is 0.320 e. The summed E-state index contributed by atoms with van der Waals surface area (Å²) in [6, 6.07) is 5.11. The lowest BCUT2D eigenvalue weighted by Gasteiger charge is -2.09. The van der Waals surface area contributed by atoms with E-state index in [1.165, 1.54) is 0 Å². The third-order valence-electron chi connectivity index (χ3n) is 2.57. The summed E-state index contributed by atoms with van der Waals surface area (Å²) in [5.74, 6) is 5.51. The molecule has 3 N–H and O–H groups in total. The number of nitrogens with one attached hydrogen (secondary N) is 1. The Morgan fingerprint density at radius 2 is 2.11 bits per heavy atom. The van der Waals surface area contributed by atoms with E-state index in [1.54, 1.807) is 18.2 Å². The van der Waals surface area contributed by atoms with Crippen molar-refractivity contribution in [3.8, 4) is 11.8 Å². The van der Waals surface area contributed by atoms with Crippen molar-refractivity contribution in [1.29, 1.82) is 0 Å². The van der Waals surface area contributed by atoms with Crippen LogP contribution in [0.3, 0.4) is 0 Å². The Labute approximate surface area is 115 Å². The molecule has 1 aromatic carbocycles. The second-order valence-corrected chi connectivity index (χ2v) is 5.99. The van der Waals surface area contributed by atoms with E-state index in [-0.39, 0.29) is 11.4 Å². The highest BCUT2D eigenvalue weighted by Crippen LogP contribution is 2.16. The maximum absolute atomic E-state index is 12.2. The fraction of sp³-hybridized carbons (Fsp3) is 0.429. The third-order valence-corrected chi connectivity index (χ3v) is 4.09. The van der Waals surface area contributed by atoms with Gasteiger partial charge in [-0.25, -0.2) is 13.1 Å². The molecule has 0 aromatic heterocycles. The standard InChI is InChI=1S/C14H20N2O2S/c1-3-4-10-16-19(17,18)14-8-7-12(2)11-13(14)6-5-9-15/h7-8,11,16H,3-4,9-10,15H2,1-2H3. The molecule has 0 heterocycles. The van der Waals surface area contributed by atoms with E-state index < -0.39 is 10.0 Å². The summed E-state index contributed by atoms with van der Waals surface area (Å²) in [6.45, 7) is 4.56. The van der Waals surface area contributed by atoms with Crippen LogP contribution in [-0.2, 0) is 10.0 Å². The molecule has 0 unspecified atom stereocenters. The Morgan fingerprint density at radius 3 is 2.74 bits per heavy atom. The van der Waals surface area contributed by atoms with Crippen LogP contribution in [-0.4, -0.2) is 21.5 Å². The molecule has 0 fully saturated rings. The van der Waals surface area contributed by atoms with Gasteiger partial charge in [0.05, 0.1) is 11.4 Å². The Bertz CT molecular complexity index is 583. The van der Waals surface area contributed by atoms with Crippen LogP contribution in [0.5, 0.6) is 0 Å². The molecule has 1 rings (SSSR count). The van der Waals surface area contributed by atoms with Gasteiger partial charge in [0.2, 0.25) is 10.0 Å². The first-order chi connectivity index (χ1) is 9.01. The molecule has 5 heteroatoms. The zero-order valence-corrected chi connectivity index (χ0v) is 12.2. The summed E-state index contributed by atoms with van der Waals surface area (Å²) < 4.78 is 27.0. The number of rotatable bonds is 5. The van der Waals surface area contributed by atoms with Crippen LogP contribution in [0.2, 0.25) is 0 Å². The highest BCUT2D eigenvalue weighted by atomic mass is 32.2. The van der Waals surface area contributed by atoms with Crippen molar-refractivity contribution in [3.05, 3.63) is 29.3 Å². The first-order valence-corrected chi connectivity index (χ1v) is 7.79. The predicted molar refractivity (Wildman–Crippen MR) is 77.2 cm³/mol. The van der Waals surface area contributed by atoms with Gasteiger partial charge in [-0.2, -0.15) is 0 Å². The minimum absolute atomic E-state index is 0.205. The summed E-state index contributed by atoms with van der Waals surface area (Å²) in [5.41, 5.74) is 6.79. The molecular weight excluding hydrogens is 260 g/mol. The number of nitrogens with two attached hydrogens (primary N) is 1. The molecular formula is C14H20N2O2S. The number of aryl methyl sites for hydroxylation is 1. The van der Waals surface area contributed by atoms with Crippen molar-refractivity contribution in [3.63, 3.8) is 0 Å². The molecule has 0 bridgehead atoms. The maximum atomic E-state index is 12.2. The van der Waals surface area contributed by atoms with Crippen LogP contribution in [0.4, 0.5) is 0 Å². The molecule has 0 saturated heterocycles. The predicted octanol–water partition coefficient (Wildman–Crippen LogP) is 1.38. The van der Waals surface area contributed by atoms with Gasteiger partial charge in [-0.3, -0.25) is 0 Å². The summed E-state index contributed by atoms with van der Waals surface area (Å²) in [4.78, 5) is 0.218. The van der Waals surface area contributed by atoms with Crippen molar-refractivity contribution >= 4 is 10.0 Å². The Morgan fingerprint density at radius 1 is 1.37 bits per heavy atom. The molecule has 19 heavy (non-hydrogen) atoms. The molecule has 0 aliphatic rings. The SMILES string of the molecule is CCCCNS(=O)(=O)c1ccc(C)cc1C#CCN. The Balaban J connectivity index is 3.11. The average molecular weight is 280 g/mol. The second-order valence-electron chi connectivity index (χ2n) is 4.26.